The number of nitrogens with one attached hydrogen (secondary N) is 1. The number of aryl methyl sites for hydroxylation is 1. The van der Waals surface area contributed by atoms with Crippen LogP contribution in [0.15, 0.2) is 30.3 Å². The number of methoxy groups -OCH3 is 1. The number of anilines is 1. The predicted octanol–water partition coefficient (Wildman–Crippen LogP) is 4.55. The Morgan fingerprint density at radius 3 is 2.65 bits per heavy atom. The summed E-state index contributed by atoms with van der Waals surface area (Å²) in [4.78, 5) is 0. The van der Waals surface area contributed by atoms with Crippen molar-refractivity contribution < 1.29 is 13.5 Å². The van der Waals surface area contributed by atoms with Gasteiger partial charge in [-0.15, -0.1) is 0 Å². The molecule has 5 heteroatoms. The van der Waals surface area contributed by atoms with E-state index in [0.717, 1.165) is 0 Å². The zero-order valence-corrected chi connectivity index (χ0v) is 11.9. The van der Waals surface area contributed by atoms with E-state index in [1.165, 1.54) is 19.2 Å². The van der Waals surface area contributed by atoms with Gasteiger partial charge in [-0.1, -0.05) is 23.7 Å². The third kappa shape index (κ3) is 2.85. The minimum Gasteiger partial charge on any atom is -0.496 e. The Bertz CT molecular complexity index is 632. The highest BCUT2D eigenvalue weighted by Crippen LogP contribution is 2.28. The maximum Gasteiger partial charge on any atom is 0.152 e. The number of hydrogen-bond acceptors (Lipinski definition) is 2. The van der Waals surface area contributed by atoms with E-state index in [1.54, 1.807) is 25.1 Å². The third-order valence-electron chi connectivity index (χ3n) is 3.02. The number of hydrogen-bond donors (Lipinski definition) is 1. The zero-order valence-electron chi connectivity index (χ0n) is 11.1. The molecule has 2 aromatic carbocycles. The summed E-state index contributed by atoms with van der Waals surface area (Å²) < 4.78 is 32.7. The first-order valence-corrected chi connectivity index (χ1v) is 6.42. The van der Waals surface area contributed by atoms with Gasteiger partial charge in [0.25, 0.3) is 0 Å². The van der Waals surface area contributed by atoms with Gasteiger partial charge < -0.3 is 10.1 Å². The van der Waals surface area contributed by atoms with Crippen LogP contribution in [-0.4, -0.2) is 7.11 Å². The second-order valence-corrected chi connectivity index (χ2v) is 4.73. The largest absolute Gasteiger partial charge is 0.496 e. The van der Waals surface area contributed by atoms with Gasteiger partial charge in [-0.2, -0.15) is 0 Å². The molecule has 0 saturated heterocycles. The molecule has 0 aromatic heterocycles. The molecule has 0 aliphatic carbocycles. The number of rotatable bonds is 4. The molecule has 0 aliphatic heterocycles. The maximum atomic E-state index is 13.9. The molecular weight excluding hydrogens is 284 g/mol. The minimum absolute atomic E-state index is 0.160. The van der Waals surface area contributed by atoms with Gasteiger partial charge in [-0.3, -0.25) is 0 Å². The van der Waals surface area contributed by atoms with Crippen molar-refractivity contribution in [2.45, 2.75) is 13.5 Å². The van der Waals surface area contributed by atoms with Crippen molar-refractivity contribution in [1.29, 1.82) is 0 Å². The Morgan fingerprint density at radius 1 is 1.20 bits per heavy atom. The Balaban J connectivity index is 2.28. The van der Waals surface area contributed by atoms with Crippen molar-refractivity contribution in [3.05, 3.63) is 58.1 Å². The maximum absolute atomic E-state index is 13.9. The lowest BCUT2D eigenvalue weighted by Crippen LogP contribution is -2.06. The second kappa shape index (κ2) is 6.09. The molecule has 0 atom stereocenters. The van der Waals surface area contributed by atoms with E-state index in [9.17, 15) is 8.78 Å². The third-order valence-corrected chi connectivity index (χ3v) is 3.38. The molecule has 1 N–H and O–H groups in total. The molecule has 0 spiro atoms. The number of halogens is 3. The highest BCUT2D eigenvalue weighted by molar-refractivity contribution is 6.31. The molecule has 0 aliphatic rings. The van der Waals surface area contributed by atoms with Crippen molar-refractivity contribution in [3.63, 3.8) is 0 Å². The van der Waals surface area contributed by atoms with Gasteiger partial charge in [-0.25, -0.2) is 8.78 Å². The van der Waals surface area contributed by atoms with Gasteiger partial charge in [0.2, 0.25) is 0 Å². The van der Waals surface area contributed by atoms with Crippen LogP contribution in [0.4, 0.5) is 14.5 Å². The van der Waals surface area contributed by atoms with Crippen molar-refractivity contribution in [2.24, 2.45) is 0 Å². The van der Waals surface area contributed by atoms with Crippen LogP contribution in [-0.2, 0) is 6.54 Å². The predicted molar refractivity (Wildman–Crippen MR) is 76.4 cm³/mol. The average Bonchev–Trinajstić information content (AvgIpc) is 2.44. The first-order valence-electron chi connectivity index (χ1n) is 6.04. The molecular formula is C15H14ClF2NO. The molecule has 20 heavy (non-hydrogen) atoms. The fraction of sp³-hybridized carbons (Fsp3) is 0.200. The second-order valence-electron chi connectivity index (χ2n) is 4.33. The lowest BCUT2D eigenvalue weighted by molar-refractivity contribution is 0.410. The monoisotopic (exact) mass is 297 g/mol. The van der Waals surface area contributed by atoms with E-state index in [0.29, 0.717) is 21.9 Å². The lowest BCUT2D eigenvalue weighted by Gasteiger charge is -2.14. The summed E-state index contributed by atoms with van der Waals surface area (Å²) in [5.41, 5.74) is 0.865. The minimum atomic E-state index is -0.640. The van der Waals surface area contributed by atoms with Crippen molar-refractivity contribution >= 4 is 17.3 Å². The quantitative estimate of drug-likeness (QED) is 0.894. The van der Waals surface area contributed by atoms with Crippen LogP contribution in [0.3, 0.4) is 0 Å². The van der Waals surface area contributed by atoms with Crippen LogP contribution in [0.5, 0.6) is 5.75 Å². The van der Waals surface area contributed by atoms with Crippen molar-refractivity contribution in [3.8, 4) is 5.75 Å². The van der Waals surface area contributed by atoms with Crippen molar-refractivity contribution in [2.75, 3.05) is 12.4 Å². The van der Waals surface area contributed by atoms with Gasteiger partial charge in [-0.05, 0) is 30.7 Å². The summed E-state index contributed by atoms with van der Waals surface area (Å²) in [6, 6.07) is 7.81. The highest BCUT2D eigenvalue weighted by atomic mass is 35.5. The summed E-state index contributed by atoms with van der Waals surface area (Å²) in [6.45, 7) is 1.75. The molecule has 0 saturated carbocycles. The SMILES string of the molecule is COc1cccc(Cl)c1CNc1c(F)ccc(C)c1F. The Kier molecular flexibility index (Phi) is 4.45. The highest BCUT2D eigenvalue weighted by Gasteiger charge is 2.13. The average molecular weight is 298 g/mol. The summed E-state index contributed by atoms with van der Waals surface area (Å²) in [7, 11) is 1.52. The van der Waals surface area contributed by atoms with Gasteiger partial charge >= 0.3 is 0 Å². The molecule has 0 amide bonds. The Hall–Kier alpha value is -1.81. The number of benzene rings is 2. The molecule has 2 nitrogen and oxygen atoms in total. The van der Waals surface area contributed by atoms with E-state index < -0.39 is 11.6 Å². The topological polar surface area (TPSA) is 21.3 Å². The normalized spacial score (nSPS) is 10.4. The molecule has 106 valence electrons. The summed E-state index contributed by atoms with van der Waals surface area (Å²) in [6.07, 6.45) is 0. The first-order chi connectivity index (χ1) is 9.54. The fourth-order valence-corrected chi connectivity index (χ4v) is 2.13. The molecule has 0 bridgehead atoms. The van der Waals surface area contributed by atoms with Crippen LogP contribution < -0.4 is 10.1 Å². The smallest absolute Gasteiger partial charge is 0.152 e. The summed E-state index contributed by atoms with van der Waals surface area (Å²) >= 11 is 6.08. The van der Waals surface area contributed by atoms with Gasteiger partial charge in [0.1, 0.15) is 17.3 Å². The van der Waals surface area contributed by atoms with E-state index >= 15 is 0 Å². The lowest BCUT2D eigenvalue weighted by atomic mass is 10.1. The van der Waals surface area contributed by atoms with Crippen LogP contribution in [0.1, 0.15) is 11.1 Å². The molecule has 0 fully saturated rings. The van der Waals surface area contributed by atoms with E-state index in [1.807, 2.05) is 0 Å². The standard InChI is InChI=1S/C15H14ClF2NO/c1-9-6-7-12(17)15(14(9)18)19-8-10-11(16)4-3-5-13(10)20-2/h3-7,19H,8H2,1-2H3. The Morgan fingerprint density at radius 2 is 1.95 bits per heavy atom. The van der Waals surface area contributed by atoms with Crippen LogP contribution in [0.25, 0.3) is 0 Å². The van der Waals surface area contributed by atoms with E-state index in [2.05, 4.69) is 5.32 Å². The summed E-state index contributed by atoms with van der Waals surface area (Å²) in [5, 5.41) is 3.22. The van der Waals surface area contributed by atoms with Gasteiger partial charge in [0.05, 0.1) is 7.11 Å². The van der Waals surface area contributed by atoms with Crippen LogP contribution >= 0.6 is 11.6 Å². The van der Waals surface area contributed by atoms with Crippen LogP contribution in [0.2, 0.25) is 5.02 Å². The fourth-order valence-electron chi connectivity index (χ4n) is 1.90. The van der Waals surface area contributed by atoms with E-state index in [4.69, 9.17) is 16.3 Å². The molecule has 0 unspecified atom stereocenters. The molecule has 0 radical (unpaired) electrons. The number of ether oxygens (including phenoxy) is 1. The first kappa shape index (κ1) is 14.6. The molecule has 2 aromatic rings. The Labute approximate surface area is 121 Å². The van der Waals surface area contributed by atoms with Gasteiger partial charge in [0.15, 0.2) is 5.82 Å². The zero-order chi connectivity index (χ0) is 14.7. The summed E-state index contributed by atoms with van der Waals surface area (Å²) in [5.74, 6) is -0.673. The molecule has 2 rings (SSSR count). The van der Waals surface area contributed by atoms with Crippen LogP contribution in [0, 0.1) is 18.6 Å². The molecule has 0 heterocycles. The van der Waals surface area contributed by atoms with E-state index in [-0.39, 0.29) is 12.2 Å². The van der Waals surface area contributed by atoms with Gasteiger partial charge in [0, 0.05) is 17.1 Å². The van der Waals surface area contributed by atoms with Crippen molar-refractivity contribution in [1.82, 2.24) is 0 Å².